The summed E-state index contributed by atoms with van der Waals surface area (Å²) in [7, 11) is 0. The number of rotatable bonds is 4. The second-order valence-electron chi connectivity index (χ2n) is 8.99. The normalized spacial score (nSPS) is 32.2. The van der Waals surface area contributed by atoms with Crippen LogP contribution in [0.5, 0.6) is 0 Å². The summed E-state index contributed by atoms with van der Waals surface area (Å²) < 4.78 is 0. The fourth-order valence-corrected chi connectivity index (χ4v) is 6.28. The second-order valence-corrected chi connectivity index (χ2v) is 8.99. The monoisotopic (exact) mass is 360 g/mol. The van der Waals surface area contributed by atoms with Crippen LogP contribution in [0.1, 0.15) is 55.6 Å². The standard InChI is InChI=1S/C25H28O2/c26-25(27)15-20-11-12-22(23-4-2-1-3-21(20)23)17-7-9-18(10-8-17)24-14-16-5-6-19(24)13-16/h1-6,11-12,16-19,24H,7-10,13-15H2,(H,26,27). The first-order valence-corrected chi connectivity index (χ1v) is 10.6. The fourth-order valence-electron chi connectivity index (χ4n) is 6.28. The van der Waals surface area contributed by atoms with E-state index in [0.717, 1.165) is 34.6 Å². The molecule has 5 rings (SSSR count). The smallest absolute Gasteiger partial charge is 0.307 e. The number of hydrogen-bond donors (Lipinski definition) is 1. The van der Waals surface area contributed by atoms with Crippen LogP contribution < -0.4 is 0 Å². The zero-order valence-electron chi connectivity index (χ0n) is 15.8. The quantitative estimate of drug-likeness (QED) is 0.684. The Labute approximate surface area is 161 Å². The summed E-state index contributed by atoms with van der Waals surface area (Å²) in [6, 6.07) is 12.7. The van der Waals surface area contributed by atoms with Crippen LogP contribution in [-0.4, -0.2) is 11.1 Å². The van der Waals surface area contributed by atoms with Gasteiger partial charge in [-0.1, -0.05) is 48.6 Å². The number of benzene rings is 2. The topological polar surface area (TPSA) is 37.3 Å². The number of carbonyl (C=O) groups is 1. The van der Waals surface area contributed by atoms with E-state index in [0.29, 0.717) is 5.92 Å². The molecule has 2 aromatic rings. The molecule has 2 saturated carbocycles. The van der Waals surface area contributed by atoms with Crippen LogP contribution in [0.4, 0.5) is 0 Å². The highest BCUT2D eigenvalue weighted by atomic mass is 16.4. The molecule has 0 heterocycles. The molecule has 3 aliphatic carbocycles. The molecular weight excluding hydrogens is 332 g/mol. The number of carboxylic acid groups (broad SMARTS) is 1. The molecule has 3 unspecified atom stereocenters. The first-order valence-electron chi connectivity index (χ1n) is 10.6. The molecule has 0 spiro atoms. The summed E-state index contributed by atoms with van der Waals surface area (Å²) >= 11 is 0. The van der Waals surface area contributed by atoms with Crippen LogP contribution in [-0.2, 0) is 11.2 Å². The Morgan fingerprint density at radius 3 is 2.37 bits per heavy atom. The SMILES string of the molecule is O=C(O)Cc1ccc(C2CCC(C3CC4C=CC3C4)CC2)c2ccccc12. The van der Waals surface area contributed by atoms with Crippen LogP contribution in [0.25, 0.3) is 10.8 Å². The van der Waals surface area contributed by atoms with Crippen LogP contribution in [0, 0.1) is 23.7 Å². The van der Waals surface area contributed by atoms with Crippen molar-refractivity contribution in [3.05, 3.63) is 59.7 Å². The van der Waals surface area contributed by atoms with Crippen LogP contribution in [0.15, 0.2) is 48.6 Å². The molecule has 3 atom stereocenters. The molecule has 0 amide bonds. The molecular formula is C25H28O2. The first kappa shape index (κ1) is 17.0. The predicted molar refractivity (Wildman–Crippen MR) is 109 cm³/mol. The van der Waals surface area contributed by atoms with Crippen molar-refractivity contribution in [3.8, 4) is 0 Å². The van der Waals surface area contributed by atoms with Gasteiger partial charge in [-0.25, -0.2) is 0 Å². The number of aliphatic carboxylic acids is 1. The Hall–Kier alpha value is -2.09. The van der Waals surface area contributed by atoms with Gasteiger partial charge in [0.15, 0.2) is 0 Å². The highest BCUT2D eigenvalue weighted by molar-refractivity contribution is 5.91. The Bertz CT molecular complexity index is 888. The lowest BCUT2D eigenvalue weighted by Crippen LogP contribution is -2.24. The molecule has 2 aromatic carbocycles. The van der Waals surface area contributed by atoms with Gasteiger partial charge in [-0.15, -0.1) is 0 Å². The van der Waals surface area contributed by atoms with E-state index >= 15 is 0 Å². The number of hydrogen-bond acceptors (Lipinski definition) is 1. The van der Waals surface area contributed by atoms with Crippen molar-refractivity contribution in [3.63, 3.8) is 0 Å². The average molecular weight is 360 g/mol. The highest BCUT2D eigenvalue weighted by Crippen LogP contribution is 2.51. The minimum absolute atomic E-state index is 0.102. The summed E-state index contributed by atoms with van der Waals surface area (Å²) in [5, 5.41) is 11.6. The van der Waals surface area contributed by atoms with E-state index in [4.69, 9.17) is 0 Å². The van der Waals surface area contributed by atoms with Crippen LogP contribution >= 0.6 is 0 Å². The lowest BCUT2D eigenvalue weighted by molar-refractivity contribution is -0.136. The lowest BCUT2D eigenvalue weighted by atomic mass is 9.70. The Morgan fingerprint density at radius 2 is 1.70 bits per heavy atom. The molecule has 0 saturated heterocycles. The lowest BCUT2D eigenvalue weighted by Gasteiger charge is -2.35. The van der Waals surface area contributed by atoms with Crippen molar-refractivity contribution in [2.75, 3.05) is 0 Å². The molecule has 2 bridgehead atoms. The highest BCUT2D eigenvalue weighted by Gasteiger charge is 2.41. The van der Waals surface area contributed by atoms with Gasteiger partial charge in [0.25, 0.3) is 0 Å². The third-order valence-electron chi connectivity index (χ3n) is 7.54. The summed E-state index contributed by atoms with van der Waals surface area (Å²) in [6.07, 6.45) is 13.2. The van der Waals surface area contributed by atoms with E-state index < -0.39 is 5.97 Å². The van der Waals surface area contributed by atoms with Crippen molar-refractivity contribution < 1.29 is 9.90 Å². The molecule has 0 aromatic heterocycles. The molecule has 2 heteroatoms. The van der Waals surface area contributed by atoms with Gasteiger partial charge in [-0.2, -0.15) is 0 Å². The summed E-state index contributed by atoms with van der Waals surface area (Å²) in [6.45, 7) is 0. The van der Waals surface area contributed by atoms with Gasteiger partial charge in [0.1, 0.15) is 0 Å². The van der Waals surface area contributed by atoms with Crippen molar-refractivity contribution in [1.82, 2.24) is 0 Å². The number of fused-ring (bicyclic) bond motifs is 3. The van der Waals surface area contributed by atoms with E-state index in [-0.39, 0.29) is 6.42 Å². The Morgan fingerprint density at radius 1 is 0.926 bits per heavy atom. The van der Waals surface area contributed by atoms with Crippen molar-refractivity contribution in [2.24, 2.45) is 23.7 Å². The molecule has 2 fully saturated rings. The van der Waals surface area contributed by atoms with E-state index in [1.165, 1.54) is 49.5 Å². The summed E-state index contributed by atoms with van der Waals surface area (Å²) in [5.74, 6) is 3.47. The molecule has 0 aliphatic heterocycles. The summed E-state index contributed by atoms with van der Waals surface area (Å²) in [4.78, 5) is 11.2. The minimum atomic E-state index is -0.756. The maximum Gasteiger partial charge on any atom is 0.307 e. The van der Waals surface area contributed by atoms with Gasteiger partial charge in [-0.05, 0) is 90.0 Å². The fraction of sp³-hybridized carbons (Fsp3) is 0.480. The maximum atomic E-state index is 11.2. The maximum absolute atomic E-state index is 11.2. The zero-order chi connectivity index (χ0) is 18.4. The third-order valence-corrected chi connectivity index (χ3v) is 7.54. The molecule has 1 N–H and O–H groups in total. The number of carboxylic acids is 1. The molecule has 0 radical (unpaired) electrons. The molecule has 2 nitrogen and oxygen atoms in total. The Kier molecular flexibility index (Phi) is 4.30. The predicted octanol–water partition coefficient (Wildman–Crippen LogP) is 5.95. The average Bonchev–Trinajstić information content (AvgIpc) is 3.32. The van der Waals surface area contributed by atoms with Gasteiger partial charge >= 0.3 is 5.97 Å². The first-order chi connectivity index (χ1) is 13.2. The van der Waals surface area contributed by atoms with Gasteiger partial charge in [-0.3, -0.25) is 4.79 Å². The van der Waals surface area contributed by atoms with Crippen molar-refractivity contribution >= 4 is 16.7 Å². The number of allylic oxidation sites excluding steroid dienone is 2. The van der Waals surface area contributed by atoms with Gasteiger partial charge < -0.3 is 5.11 Å². The van der Waals surface area contributed by atoms with E-state index in [1.807, 2.05) is 6.07 Å². The minimum Gasteiger partial charge on any atom is -0.481 e. The molecule has 140 valence electrons. The molecule has 27 heavy (non-hydrogen) atoms. The van der Waals surface area contributed by atoms with E-state index in [1.54, 1.807) is 0 Å². The largest absolute Gasteiger partial charge is 0.481 e. The summed E-state index contributed by atoms with van der Waals surface area (Å²) in [5.41, 5.74) is 2.37. The van der Waals surface area contributed by atoms with Crippen LogP contribution in [0.2, 0.25) is 0 Å². The van der Waals surface area contributed by atoms with Gasteiger partial charge in [0, 0.05) is 0 Å². The van der Waals surface area contributed by atoms with Gasteiger partial charge in [0.05, 0.1) is 6.42 Å². The van der Waals surface area contributed by atoms with Crippen LogP contribution in [0.3, 0.4) is 0 Å². The van der Waals surface area contributed by atoms with Gasteiger partial charge in [0.2, 0.25) is 0 Å². The van der Waals surface area contributed by atoms with E-state index in [9.17, 15) is 9.90 Å². The van der Waals surface area contributed by atoms with Crippen molar-refractivity contribution in [2.45, 2.75) is 50.9 Å². The molecule has 3 aliphatic rings. The van der Waals surface area contributed by atoms with E-state index in [2.05, 4.69) is 42.5 Å². The zero-order valence-corrected chi connectivity index (χ0v) is 15.8. The Balaban J connectivity index is 1.36. The van der Waals surface area contributed by atoms with Crippen molar-refractivity contribution in [1.29, 1.82) is 0 Å². The second kappa shape index (κ2) is 6.82. The third kappa shape index (κ3) is 3.09.